The van der Waals surface area contributed by atoms with Crippen molar-refractivity contribution in [1.29, 1.82) is 0 Å². The number of para-hydroxylation sites is 1. The number of amides is 1. The van der Waals surface area contributed by atoms with Crippen molar-refractivity contribution < 1.29 is 18.7 Å². The topological polar surface area (TPSA) is 76.5 Å². The predicted molar refractivity (Wildman–Crippen MR) is 113 cm³/mol. The molecule has 2 aromatic carbocycles. The van der Waals surface area contributed by atoms with Gasteiger partial charge in [-0.3, -0.25) is 4.79 Å². The largest absolute Gasteiger partial charge is 0.486 e. The van der Waals surface area contributed by atoms with Crippen molar-refractivity contribution in [2.75, 3.05) is 13.2 Å². The number of aromatic amines is 1. The molecule has 0 saturated carbocycles. The number of rotatable bonds is 6. The number of furan rings is 1. The van der Waals surface area contributed by atoms with Crippen LogP contribution in [0, 0.1) is 0 Å². The molecule has 1 atom stereocenters. The Bertz CT molecular complexity index is 1160. The highest BCUT2D eigenvalue weighted by atomic mass is 16.6. The summed E-state index contributed by atoms with van der Waals surface area (Å²) in [6.45, 7) is 1.44. The fourth-order valence-corrected chi connectivity index (χ4v) is 3.92. The Labute approximate surface area is 173 Å². The van der Waals surface area contributed by atoms with Crippen LogP contribution in [0.1, 0.15) is 29.2 Å². The van der Waals surface area contributed by atoms with E-state index in [2.05, 4.69) is 16.4 Å². The highest BCUT2D eigenvalue weighted by Gasteiger charge is 2.23. The number of fused-ring (bicyclic) bond motifs is 2. The van der Waals surface area contributed by atoms with Crippen LogP contribution in [-0.2, 0) is 11.3 Å². The maximum atomic E-state index is 12.8. The molecule has 2 aromatic heterocycles. The Balaban J connectivity index is 1.47. The van der Waals surface area contributed by atoms with Crippen molar-refractivity contribution in [3.63, 3.8) is 0 Å². The van der Waals surface area contributed by atoms with E-state index in [0.29, 0.717) is 26.2 Å². The molecule has 5 rings (SSSR count). The molecule has 6 heteroatoms. The fourth-order valence-electron chi connectivity index (χ4n) is 3.92. The molecule has 152 valence electrons. The molecule has 0 bridgehead atoms. The molecule has 6 nitrogen and oxygen atoms in total. The summed E-state index contributed by atoms with van der Waals surface area (Å²) in [5.41, 5.74) is 3.14. The smallest absolute Gasteiger partial charge is 0.221 e. The first kappa shape index (κ1) is 18.4. The molecule has 1 amide bonds. The summed E-state index contributed by atoms with van der Waals surface area (Å²) in [7, 11) is 0. The maximum absolute atomic E-state index is 12.8. The summed E-state index contributed by atoms with van der Waals surface area (Å²) in [5, 5.41) is 4.07. The van der Waals surface area contributed by atoms with Gasteiger partial charge in [-0.25, -0.2) is 0 Å². The van der Waals surface area contributed by atoms with Crippen LogP contribution in [0.4, 0.5) is 0 Å². The minimum absolute atomic E-state index is 0.0448. The average molecular weight is 402 g/mol. The van der Waals surface area contributed by atoms with Crippen molar-refractivity contribution in [3.8, 4) is 11.5 Å². The quantitative estimate of drug-likeness (QED) is 0.502. The summed E-state index contributed by atoms with van der Waals surface area (Å²) in [6, 6.07) is 17.7. The predicted octanol–water partition coefficient (Wildman–Crippen LogP) is 4.37. The maximum Gasteiger partial charge on any atom is 0.221 e. The standard InChI is InChI=1S/C24H22N2O4/c27-24(26-14-17-4-3-9-28-17)13-19(20-15-25-21-6-2-1-5-18(20)21)16-7-8-22-23(12-16)30-11-10-29-22/h1-9,12,15,19,25H,10-11,13-14H2,(H,26,27). The van der Waals surface area contributed by atoms with E-state index in [0.717, 1.165) is 39.3 Å². The number of ether oxygens (including phenoxy) is 2. The van der Waals surface area contributed by atoms with Gasteiger partial charge in [-0.2, -0.15) is 0 Å². The number of nitrogens with one attached hydrogen (secondary N) is 2. The van der Waals surface area contributed by atoms with Gasteiger partial charge in [-0.15, -0.1) is 0 Å². The molecular formula is C24H22N2O4. The number of hydrogen-bond acceptors (Lipinski definition) is 4. The fraction of sp³-hybridized carbons (Fsp3) is 0.208. The van der Waals surface area contributed by atoms with Crippen LogP contribution in [0.15, 0.2) is 71.5 Å². The monoisotopic (exact) mass is 402 g/mol. The number of H-pyrrole nitrogens is 1. The Kier molecular flexibility index (Phi) is 4.89. The summed E-state index contributed by atoms with van der Waals surface area (Å²) in [4.78, 5) is 16.1. The van der Waals surface area contributed by atoms with Gasteiger partial charge in [-0.05, 0) is 41.5 Å². The molecule has 0 fully saturated rings. The van der Waals surface area contributed by atoms with Gasteiger partial charge in [0.1, 0.15) is 19.0 Å². The minimum atomic E-state index is -0.131. The second kappa shape index (κ2) is 7.99. The normalized spacial score (nSPS) is 13.9. The third-order valence-electron chi connectivity index (χ3n) is 5.39. The summed E-state index contributed by atoms with van der Waals surface area (Å²) in [6.07, 6.45) is 3.90. The Hall–Kier alpha value is -3.67. The number of carbonyl (C=O) groups is 1. The van der Waals surface area contributed by atoms with E-state index < -0.39 is 0 Å². The molecule has 0 aliphatic carbocycles. The van der Waals surface area contributed by atoms with Gasteiger partial charge in [0, 0.05) is 29.4 Å². The van der Waals surface area contributed by atoms with Crippen LogP contribution in [0.5, 0.6) is 11.5 Å². The van der Waals surface area contributed by atoms with Crippen molar-refractivity contribution in [2.24, 2.45) is 0 Å². The molecule has 0 saturated heterocycles. The van der Waals surface area contributed by atoms with E-state index in [1.54, 1.807) is 6.26 Å². The lowest BCUT2D eigenvalue weighted by atomic mass is 9.87. The molecule has 30 heavy (non-hydrogen) atoms. The Morgan fingerprint density at radius 3 is 2.77 bits per heavy atom. The molecule has 2 N–H and O–H groups in total. The number of aromatic nitrogens is 1. The average Bonchev–Trinajstić information content (AvgIpc) is 3.46. The van der Waals surface area contributed by atoms with E-state index >= 15 is 0 Å². The second-order valence-corrected chi connectivity index (χ2v) is 7.31. The lowest BCUT2D eigenvalue weighted by Gasteiger charge is -2.22. The SMILES string of the molecule is O=C(CC(c1ccc2c(c1)OCCO2)c1c[nH]c2ccccc12)NCc1ccco1. The lowest BCUT2D eigenvalue weighted by Crippen LogP contribution is -2.25. The molecule has 1 aliphatic rings. The van der Waals surface area contributed by atoms with Gasteiger partial charge in [0.25, 0.3) is 0 Å². The molecule has 0 radical (unpaired) electrons. The van der Waals surface area contributed by atoms with Gasteiger partial charge >= 0.3 is 0 Å². The van der Waals surface area contributed by atoms with Gasteiger partial charge in [0.2, 0.25) is 5.91 Å². The summed E-state index contributed by atoms with van der Waals surface area (Å²) >= 11 is 0. The van der Waals surface area contributed by atoms with Crippen molar-refractivity contribution >= 4 is 16.8 Å². The van der Waals surface area contributed by atoms with Crippen molar-refractivity contribution in [2.45, 2.75) is 18.9 Å². The minimum Gasteiger partial charge on any atom is -0.486 e. The number of benzene rings is 2. The first-order chi connectivity index (χ1) is 14.8. The van der Waals surface area contributed by atoms with E-state index in [-0.39, 0.29) is 11.8 Å². The van der Waals surface area contributed by atoms with Crippen LogP contribution in [0.3, 0.4) is 0 Å². The zero-order chi connectivity index (χ0) is 20.3. The van der Waals surface area contributed by atoms with Crippen molar-refractivity contribution in [3.05, 3.63) is 83.9 Å². The summed E-state index contributed by atoms with van der Waals surface area (Å²) < 4.78 is 16.7. The zero-order valence-electron chi connectivity index (χ0n) is 16.4. The third-order valence-corrected chi connectivity index (χ3v) is 5.39. The van der Waals surface area contributed by atoms with Crippen LogP contribution >= 0.6 is 0 Å². The van der Waals surface area contributed by atoms with Crippen molar-refractivity contribution in [1.82, 2.24) is 10.3 Å². The number of hydrogen-bond donors (Lipinski definition) is 2. The second-order valence-electron chi connectivity index (χ2n) is 7.31. The van der Waals surface area contributed by atoms with Crippen LogP contribution in [0.25, 0.3) is 10.9 Å². The Morgan fingerprint density at radius 2 is 1.90 bits per heavy atom. The highest BCUT2D eigenvalue weighted by Crippen LogP contribution is 2.38. The molecular weight excluding hydrogens is 380 g/mol. The lowest BCUT2D eigenvalue weighted by molar-refractivity contribution is -0.121. The van der Waals surface area contributed by atoms with E-state index in [1.807, 2.05) is 54.7 Å². The van der Waals surface area contributed by atoms with Gasteiger partial charge in [0.15, 0.2) is 11.5 Å². The van der Waals surface area contributed by atoms with Crippen LogP contribution in [-0.4, -0.2) is 24.1 Å². The first-order valence-electron chi connectivity index (χ1n) is 10.0. The Morgan fingerprint density at radius 1 is 1.03 bits per heavy atom. The zero-order valence-corrected chi connectivity index (χ0v) is 16.4. The third kappa shape index (κ3) is 3.64. The highest BCUT2D eigenvalue weighted by molar-refractivity contribution is 5.86. The van der Waals surface area contributed by atoms with Crippen LogP contribution in [0.2, 0.25) is 0 Å². The summed E-state index contributed by atoms with van der Waals surface area (Å²) in [5.74, 6) is 2.01. The molecule has 4 aromatic rings. The first-order valence-corrected chi connectivity index (χ1v) is 10.0. The molecule has 0 spiro atoms. The molecule has 1 unspecified atom stereocenters. The molecule has 3 heterocycles. The van der Waals surface area contributed by atoms with Crippen LogP contribution < -0.4 is 14.8 Å². The number of carbonyl (C=O) groups excluding carboxylic acids is 1. The van der Waals surface area contributed by atoms with E-state index in [1.165, 1.54) is 0 Å². The molecule has 1 aliphatic heterocycles. The van der Waals surface area contributed by atoms with E-state index in [4.69, 9.17) is 13.9 Å². The van der Waals surface area contributed by atoms with E-state index in [9.17, 15) is 4.79 Å². The van der Waals surface area contributed by atoms with Gasteiger partial charge in [-0.1, -0.05) is 24.3 Å². The van der Waals surface area contributed by atoms with Gasteiger partial charge in [0.05, 0.1) is 12.8 Å². The van der Waals surface area contributed by atoms with Gasteiger partial charge < -0.3 is 24.2 Å².